The molecule has 2 aromatic carbocycles. The summed E-state index contributed by atoms with van der Waals surface area (Å²) in [4.78, 5) is 24.2. The Hall–Kier alpha value is -4.01. The normalized spacial score (nSPS) is 14.4. The average Bonchev–Trinajstić information content (AvgIpc) is 3.24. The molecular formula is C23H24N4O5. The molecule has 9 heteroatoms. The topological polar surface area (TPSA) is 104 Å². The number of aromatic nitrogens is 2. The van der Waals surface area contributed by atoms with Gasteiger partial charge in [0.15, 0.2) is 18.1 Å². The number of nitrogens with zero attached hydrogens (tertiary/aromatic N) is 2. The Balaban J connectivity index is 1.15. The molecule has 2 amide bonds. The Labute approximate surface area is 185 Å². The molecule has 32 heavy (non-hydrogen) atoms. The van der Waals surface area contributed by atoms with Gasteiger partial charge in [0.1, 0.15) is 25.0 Å². The second kappa shape index (κ2) is 10.3. The lowest BCUT2D eigenvalue weighted by molar-refractivity contribution is -0.122. The van der Waals surface area contributed by atoms with Crippen LogP contribution < -0.4 is 24.8 Å². The smallest absolute Gasteiger partial charge is 0.262 e. The van der Waals surface area contributed by atoms with Crippen LogP contribution in [-0.4, -0.2) is 47.5 Å². The van der Waals surface area contributed by atoms with Crippen molar-refractivity contribution in [3.8, 4) is 17.2 Å². The molecule has 1 aliphatic heterocycles. The number of hydrogen-bond donors (Lipinski definition) is 2. The quantitative estimate of drug-likeness (QED) is 0.533. The molecule has 1 unspecified atom stereocenters. The van der Waals surface area contributed by atoms with Gasteiger partial charge in [-0.25, -0.2) is 0 Å². The van der Waals surface area contributed by atoms with Gasteiger partial charge in [-0.05, 0) is 24.3 Å². The van der Waals surface area contributed by atoms with Crippen molar-refractivity contribution >= 4 is 17.5 Å². The highest BCUT2D eigenvalue weighted by Gasteiger charge is 2.20. The Bertz CT molecular complexity index is 1050. The zero-order chi connectivity index (χ0) is 22.2. The first kappa shape index (κ1) is 21.2. The minimum absolute atomic E-state index is 0.0429. The van der Waals surface area contributed by atoms with Gasteiger partial charge in [-0.15, -0.1) is 0 Å². The zero-order valence-corrected chi connectivity index (χ0v) is 17.4. The molecule has 0 spiro atoms. The van der Waals surface area contributed by atoms with Crippen LogP contribution in [0.2, 0.25) is 0 Å². The molecule has 0 radical (unpaired) electrons. The predicted octanol–water partition coefficient (Wildman–Crippen LogP) is 2.25. The summed E-state index contributed by atoms with van der Waals surface area (Å²) in [7, 11) is 0. The van der Waals surface area contributed by atoms with E-state index in [0.29, 0.717) is 31.0 Å². The number of fused-ring (bicyclic) bond motifs is 1. The van der Waals surface area contributed by atoms with E-state index in [1.54, 1.807) is 18.3 Å². The Morgan fingerprint density at radius 3 is 2.69 bits per heavy atom. The first-order chi connectivity index (χ1) is 15.7. The Kier molecular flexibility index (Phi) is 6.86. The van der Waals surface area contributed by atoms with Crippen LogP contribution in [0.25, 0.3) is 0 Å². The third-order valence-electron chi connectivity index (χ3n) is 4.69. The molecule has 0 saturated heterocycles. The maximum Gasteiger partial charge on any atom is 0.262 e. The van der Waals surface area contributed by atoms with Crippen molar-refractivity contribution in [2.24, 2.45) is 0 Å². The molecule has 9 nitrogen and oxygen atoms in total. The van der Waals surface area contributed by atoms with Crippen LogP contribution in [0.1, 0.15) is 6.42 Å². The first-order valence-corrected chi connectivity index (χ1v) is 10.3. The second-order valence-electron chi connectivity index (χ2n) is 7.21. The Morgan fingerprint density at radius 2 is 1.84 bits per heavy atom. The van der Waals surface area contributed by atoms with Crippen molar-refractivity contribution in [3.05, 3.63) is 67.0 Å². The van der Waals surface area contributed by atoms with Crippen LogP contribution in [0.3, 0.4) is 0 Å². The van der Waals surface area contributed by atoms with E-state index >= 15 is 0 Å². The number of amides is 2. The second-order valence-corrected chi connectivity index (χ2v) is 7.21. The maximum absolute atomic E-state index is 12.2. The van der Waals surface area contributed by atoms with Gasteiger partial charge in [-0.3, -0.25) is 14.3 Å². The lowest BCUT2D eigenvalue weighted by atomic mass is 10.2. The Morgan fingerprint density at radius 1 is 1.06 bits per heavy atom. The number of carbonyl (C=O) groups excluding carboxylic acids is 2. The standard InChI is InChI=1S/C23H24N4O5/c28-22(24-11-10-19-15-31-20-8-4-5-9-21(20)32-19)14-27-13-17(12-25-27)26-23(29)16-30-18-6-2-1-3-7-18/h1-9,12-13,19H,10-11,14-16H2,(H,24,28)(H,26,29). The van der Waals surface area contributed by atoms with Crippen molar-refractivity contribution in [1.29, 1.82) is 0 Å². The van der Waals surface area contributed by atoms with Gasteiger partial charge in [0.25, 0.3) is 5.91 Å². The molecule has 3 aromatic rings. The number of hydrogen-bond acceptors (Lipinski definition) is 6. The van der Waals surface area contributed by atoms with Crippen molar-refractivity contribution < 1.29 is 23.8 Å². The van der Waals surface area contributed by atoms with Crippen molar-refractivity contribution in [2.45, 2.75) is 19.1 Å². The fourth-order valence-corrected chi connectivity index (χ4v) is 3.16. The summed E-state index contributed by atoms with van der Waals surface area (Å²) in [6.07, 6.45) is 3.59. The minimum Gasteiger partial charge on any atom is -0.486 e. The summed E-state index contributed by atoms with van der Waals surface area (Å²) in [5, 5.41) is 9.65. The highest BCUT2D eigenvalue weighted by atomic mass is 16.6. The molecule has 166 valence electrons. The van der Waals surface area contributed by atoms with E-state index in [1.807, 2.05) is 42.5 Å². The van der Waals surface area contributed by atoms with Crippen LogP contribution >= 0.6 is 0 Å². The molecule has 4 rings (SSSR count). The highest BCUT2D eigenvalue weighted by Crippen LogP contribution is 2.31. The van der Waals surface area contributed by atoms with Gasteiger partial charge in [-0.2, -0.15) is 5.10 Å². The van der Waals surface area contributed by atoms with Crippen LogP contribution in [0.4, 0.5) is 5.69 Å². The summed E-state index contributed by atoms with van der Waals surface area (Å²) in [5.74, 6) is 1.57. The molecule has 0 fully saturated rings. The molecule has 1 atom stereocenters. The highest BCUT2D eigenvalue weighted by molar-refractivity contribution is 5.91. The fraction of sp³-hybridized carbons (Fsp3) is 0.261. The molecule has 1 aromatic heterocycles. The molecule has 0 bridgehead atoms. The molecule has 2 heterocycles. The number of para-hydroxylation sites is 3. The number of rotatable bonds is 9. The average molecular weight is 436 g/mol. The minimum atomic E-state index is -0.311. The number of benzene rings is 2. The van der Waals surface area contributed by atoms with E-state index in [0.717, 1.165) is 11.5 Å². The summed E-state index contributed by atoms with van der Waals surface area (Å²) in [6, 6.07) is 16.6. The molecule has 2 N–H and O–H groups in total. The van der Waals surface area contributed by atoms with Gasteiger partial charge >= 0.3 is 0 Å². The lowest BCUT2D eigenvalue weighted by Gasteiger charge is -2.26. The van der Waals surface area contributed by atoms with Gasteiger partial charge < -0.3 is 24.8 Å². The number of ether oxygens (including phenoxy) is 3. The lowest BCUT2D eigenvalue weighted by Crippen LogP contribution is -2.35. The summed E-state index contributed by atoms with van der Waals surface area (Å²) in [6.45, 7) is 0.828. The number of carbonyl (C=O) groups is 2. The van der Waals surface area contributed by atoms with Crippen LogP contribution in [0, 0.1) is 0 Å². The van der Waals surface area contributed by atoms with Crippen LogP contribution in [-0.2, 0) is 16.1 Å². The van der Waals surface area contributed by atoms with Crippen molar-refractivity contribution in [1.82, 2.24) is 15.1 Å². The predicted molar refractivity (Wildman–Crippen MR) is 117 cm³/mol. The fourth-order valence-electron chi connectivity index (χ4n) is 3.16. The molecule has 1 aliphatic rings. The zero-order valence-electron chi connectivity index (χ0n) is 17.4. The van der Waals surface area contributed by atoms with Gasteiger partial charge in [0.2, 0.25) is 5.91 Å². The van der Waals surface area contributed by atoms with E-state index in [9.17, 15) is 9.59 Å². The summed E-state index contributed by atoms with van der Waals surface area (Å²) < 4.78 is 18.4. The van der Waals surface area contributed by atoms with E-state index in [1.165, 1.54) is 10.9 Å². The van der Waals surface area contributed by atoms with E-state index in [-0.39, 0.29) is 31.1 Å². The summed E-state index contributed by atoms with van der Waals surface area (Å²) >= 11 is 0. The monoisotopic (exact) mass is 436 g/mol. The SMILES string of the molecule is O=C(Cn1cc(NC(=O)COc2ccccc2)cn1)NCCC1COc2ccccc2O1. The van der Waals surface area contributed by atoms with E-state index in [4.69, 9.17) is 14.2 Å². The molecular weight excluding hydrogens is 412 g/mol. The van der Waals surface area contributed by atoms with E-state index < -0.39 is 0 Å². The summed E-state index contributed by atoms with van der Waals surface area (Å²) in [5.41, 5.74) is 0.492. The third kappa shape index (κ3) is 6.00. The van der Waals surface area contributed by atoms with Gasteiger partial charge in [0, 0.05) is 19.2 Å². The molecule has 0 aliphatic carbocycles. The number of anilines is 1. The third-order valence-corrected chi connectivity index (χ3v) is 4.69. The maximum atomic E-state index is 12.2. The first-order valence-electron chi connectivity index (χ1n) is 10.3. The number of nitrogens with one attached hydrogen (secondary N) is 2. The van der Waals surface area contributed by atoms with Crippen molar-refractivity contribution in [2.75, 3.05) is 25.1 Å². The van der Waals surface area contributed by atoms with Crippen LogP contribution in [0.5, 0.6) is 17.2 Å². The largest absolute Gasteiger partial charge is 0.486 e. The molecule has 0 saturated carbocycles. The van der Waals surface area contributed by atoms with Crippen LogP contribution in [0.15, 0.2) is 67.0 Å². The van der Waals surface area contributed by atoms with Gasteiger partial charge in [-0.1, -0.05) is 30.3 Å². The van der Waals surface area contributed by atoms with Gasteiger partial charge in [0.05, 0.1) is 11.9 Å². The van der Waals surface area contributed by atoms with E-state index in [2.05, 4.69) is 15.7 Å². The van der Waals surface area contributed by atoms with Crippen molar-refractivity contribution in [3.63, 3.8) is 0 Å².